The Morgan fingerprint density at radius 1 is 1.23 bits per heavy atom. The number of benzene rings is 1. The van der Waals surface area contributed by atoms with Crippen LogP contribution in [0.2, 0.25) is 0 Å². The van der Waals surface area contributed by atoms with Gasteiger partial charge in [-0.15, -0.1) is 11.8 Å². The summed E-state index contributed by atoms with van der Waals surface area (Å²) in [6.45, 7) is 0.736. The number of nitrogens with zero attached hydrogens (tertiary/aromatic N) is 1. The fourth-order valence-corrected chi connectivity index (χ4v) is 3.74. The van der Waals surface area contributed by atoms with Gasteiger partial charge in [0.2, 0.25) is 6.79 Å². The third-order valence-corrected chi connectivity index (χ3v) is 5.14. The van der Waals surface area contributed by atoms with E-state index in [1.165, 1.54) is 29.8 Å². The van der Waals surface area contributed by atoms with Gasteiger partial charge in [0.05, 0.1) is 5.57 Å². The Morgan fingerprint density at radius 3 is 2.65 bits per heavy atom. The van der Waals surface area contributed by atoms with Crippen molar-refractivity contribution >= 4 is 35.5 Å². The maximum atomic E-state index is 12.3. The Balaban J connectivity index is 1.57. The van der Waals surface area contributed by atoms with Gasteiger partial charge in [0.25, 0.3) is 11.8 Å². The Hall–Kier alpha value is -2.81. The van der Waals surface area contributed by atoms with Crippen LogP contribution in [0, 0.1) is 0 Å². The molecule has 3 rings (SSSR count). The number of hydrogen-bond acceptors (Lipinski definition) is 7. The number of ether oxygens (including phenoxy) is 2. The van der Waals surface area contributed by atoms with Crippen LogP contribution < -0.4 is 5.32 Å². The largest absolute Gasteiger partial charge is 0.428 e. The van der Waals surface area contributed by atoms with E-state index >= 15 is 0 Å². The first kappa shape index (κ1) is 18.0. The van der Waals surface area contributed by atoms with Crippen molar-refractivity contribution in [2.24, 2.45) is 0 Å². The van der Waals surface area contributed by atoms with Crippen LogP contribution in [0.25, 0.3) is 0 Å². The molecule has 2 atom stereocenters. The molecule has 1 aromatic rings. The molecule has 1 unspecified atom stereocenters. The molecular formula is C17H16N2O6S. The molecule has 1 saturated heterocycles. The van der Waals surface area contributed by atoms with Gasteiger partial charge in [-0.3, -0.25) is 14.4 Å². The van der Waals surface area contributed by atoms with Crippen LogP contribution in [-0.2, 0) is 23.9 Å². The number of thioether (sulfide) groups is 1. The lowest BCUT2D eigenvalue weighted by Crippen LogP contribution is -2.68. The number of β-lactam (4-membered cyclic amide) rings is 1. The monoisotopic (exact) mass is 376 g/mol. The number of esters is 2. The third kappa shape index (κ3) is 3.72. The second-order valence-corrected chi connectivity index (χ2v) is 6.71. The average molecular weight is 376 g/mol. The van der Waals surface area contributed by atoms with E-state index in [1.54, 1.807) is 30.3 Å². The zero-order valence-corrected chi connectivity index (χ0v) is 14.7. The summed E-state index contributed by atoms with van der Waals surface area (Å²) in [4.78, 5) is 48.4. The molecule has 1 aromatic carbocycles. The Morgan fingerprint density at radius 2 is 1.96 bits per heavy atom. The lowest BCUT2D eigenvalue weighted by atomic mass is 10.1. The lowest BCUT2D eigenvalue weighted by molar-refractivity contribution is -0.162. The van der Waals surface area contributed by atoms with Crippen LogP contribution >= 0.6 is 11.8 Å². The molecule has 1 fully saturated rings. The van der Waals surface area contributed by atoms with Crippen LogP contribution in [0.3, 0.4) is 0 Å². The van der Waals surface area contributed by atoms with E-state index in [9.17, 15) is 19.2 Å². The summed E-state index contributed by atoms with van der Waals surface area (Å²) in [5, 5.41) is 2.45. The Bertz CT molecular complexity index is 779. The van der Waals surface area contributed by atoms with Crippen LogP contribution in [-0.4, -0.2) is 52.6 Å². The van der Waals surface area contributed by atoms with Gasteiger partial charge in [0.15, 0.2) is 0 Å². The molecule has 136 valence electrons. The van der Waals surface area contributed by atoms with E-state index in [4.69, 9.17) is 4.74 Å². The molecular weight excluding hydrogens is 360 g/mol. The highest BCUT2D eigenvalue weighted by Crippen LogP contribution is 2.36. The van der Waals surface area contributed by atoms with Gasteiger partial charge in [-0.1, -0.05) is 18.2 Å². The van der Waals surface area contributed by atoms with Gasteiger partial charge >= 0.3 is 11.9 Å². The fourth-order valence-electron chi connectivity index (χ4n) is 2.50. The summed E-state index contributed by atoms with van der Waals surface area (Å²) in [7, 11) is 0. The smallest absolute Gasteiger partial charge is 0.339 e. The van der Waals surface area contributed by atoms with Crippen LogP contribution in [0.1, 0.15) is 17.3 Å². The van der Waals surface area contributed by atoms with Crippen molar-refractivity contribution in [2.75, 3.05) is 12.5 Å². The summed E-state index contributed by atoms with van der Waals surface area (Å²) in [6, 6.07) is 7.99. The van der Waals surface area contributed by atoms with Crippen molar-refractivity contribution in [1.82, 2.24) is 10.2 Å². The standard InChI is InChI=1S/C17H16N2O6S/c1-10(20)24-9-25-17(23)12-7-19-15(22)13(16(19)26-8-12)18-14(21)11-5-3-2-4-6-11/h2-7,13,16H,8-9H2,1H3,(H,18,21)/t13?,16-/m1/s1. The first-order valence-corrected chi connectivity index (χ1v) is 8.83. The van der Waals surface area contributed by atoms with Gasteiger partial charge in [-0.2, -0.15) is 0 Å². The Kier molecular flexibility index (Phi) is 5.27. The average Bonchev–Trinajstić information content (AvgIpc) is 2.65. The number of carbonyl (C=O) groups is 4. The molecule has 0 aromatic heterocycles. The van der Waals surface area contributed by atoms with Crippen molar-refractivity contribution in [3.05, 3.63) is 47.7 Å². The maximum Gasteiger partial charge on any atom is 0.339 e. The summed E-state index contributed by atoms with van der Waals surface area (Å²) >= 11 is 1.35. The highest BCUT2D eigenvalue weighted by Gasteiger charge is 2.50. The van der Waals surface area contributed by atoms with E-state index in [0.29, 0.717) is 16.9 Å². The fraction of sp³-hybridized carbons (Fsp3) is 0.294. The van der Waals surface area contributed by atoms with Crippen molar-refractivity contribution < 1.29 is 28.7 Å². The molecule has 2 aliphatic rings. The molecule has 8 nitrogen and oxygen atoms in total. The van der Waals surface area contributed by atoms with Crippen molar-refractivity contribution in [2.45, 2.75) is 18.3 Å². The Labute approximate surface area is 153 Å². The van der Waals surface area contributed by atoms with Crippen LogP contribution in [0.5, 0.6) is 0 Å². The quantitative estimate of drug-likeness (QED) is 0.457. The topological polar surface area (TPSA) is 102 Å². The van der Waals surface area contributed by atoms with E-state index in [2.05, 4.69) is 10.1 Å². The molecule has 9 heteroatoms. The lowest BCUT2D eigenvalue weighted by Gasteiger charge is -2.47. The van der Waals surface area contributed by atoms with Gasteiger partial charge in [-0.25, -0.2) is 4.79 Å². The number of hydrogen-bond donors (Lipinski definition) is 1. The van der Waals surface area contributed by atoms with E-state index < -0.39 is 24.8 Å². The number of nitrogens with one attached hydrogen (secondary N) is 1. The summed E-state index contributed by atoms with van der Waals surface area (Å²) in [6.07, 6.45) is 1.42. The molecule has 0 radical (unpaired) electrons. The first-order chi connectivity index (χ1) is 12.5. The normalized spacial score (nSPS) is 21.0. The van der Waals surface area contributed by atoms with Crippen molar-refractivity contribution in [3.63, 3.8) is 0 Å². The predicted octanol–water partition coefficient (Wildman–Crippen LogP) is 0.648. The molecule has 0 aliphatic carbocycles. The number of carbonyl (C=O) groups excluding carboxylic acids is 4. The number of amides is 2. The SMILES string of the molecule is CC(=O)OCOC(=O)C1=CN2C(=O)C(NC(=O)c3ccccc3)[C@H]2SC1. The van der Waals surface area contributed by atoms with Crippen molar-refractivity contribution in [1.29, 1.82) is 0 Å². The molecule has 2 aliphatic heterocycles. The summed E-state index contributed by atoms with van der Waals surface area (Å²) in [5.74, 6) is -1.50. The van der Waals surface area contributed by atoms with E-state index in [-0.39, 0.29) is 17.2 Å². The molecule has 26 heavy (non-hydrogen) atoms. The number of fused-ring (bicyclic) bond motifs is 1. The molecule has 2 amide bonds. The molecule has 0 saturated carbocycles. The second-order valence-electron chi connectivity index (χ2n) is 5.60. The van der Waals surface area contributed by atoms with E-state index in [0.717, 1.165) is 0 Å². The summed E-state index contributed by atoms with van der Waals surface area (Å²) < 4.78 is 9.36. The zero-order chi connectivity index (χ0) is 18.7. The maximum absolute atomic E-state index is 12.3. The molecule has 0 bridgehead atoms. The minimum Gasteiger partial charge on any atom is -0.428 e. The van der Waals surface area contributed by atoms with Gasteiger partial charge in [-0.05, 0) is 12.1 Å². The zero-order valence-electron chi connectivity index (χ0n) is 13.8. The van der Waals surface area contributed by atoms with Gasteiger partial charge in [0.1, 0.15) is 11.4 Å². The summed E-state index contributed by atoms with van der Waals surface area (Å²) in [5.41, 5.74) is 0.768. The highest BCUT2D eigenvalue weighted by atomic mass is 32.2. The number of rotatable bonds is 5. The van der Waals surface area contributed by atoms with Gasteiger partial charge in [0, 0.05) is 24.4 Å². The molecule has 1 N–H and O–H groups in total. The molecule has 2 heterocycles. The first-order valence-electron chi connectivity index (χ1n) is 7.78. The second kappa shape index (κ2) is 7.61. The third-order valence-electron chi connectivity index (χ3n) is 3.82. The van der Waals surface area contributed by atoms with E-state index in [1.807, 2.05) is 0 Å². The highest BCUT2D eigenvalue weighted by molar-refractivity contribution is 8.00. The predicted molar refractivity (Wildman–Crippen MR) is 91.6 cm³/mol. The van der Waals surface area contributed by atoms with Crippen molar-refractivity contribution in [3.8, 4) is 0 Å². The molecule has 0 spiro atoms. The van der Waals surface area contributed by atoms with Gasteiger partial charge < -0.3 is 19.7 Å². The minimum absolute atomic E-state index is 0.264. The minimum atomic E-state index is -0.651. The van der Waals surface area contributed by atoms with Crippen LogP contribution in [0.15, 0.2) is 42.1 Å². The van der Waals surface area contributed by atoms with Crippen LogP contribution in [0.4, 0.5) is 0 Å².